The van der Waals surface area contributed by atoms with Crippen molar-refractivity contribution in [1.82, 2.24) is 0 Å². The molecular formula is C14H17NO5. The lowest BCUT2D eigenvalue weighted by atomic mass is 10.1. The molecule has 0 fully saturated rings. The number of likely N-dealkylation sites (N-methyl/N-ethyl adjacent to an activating group) is 1. The number of rotatable bonds is 3. The molecule has 6 nitrogen and oxygen atoms in total. The Bertz CT molecular complexity index is 528. The summed E-state index contributed by atoms with van der Waals surface area (Å²) in [5, 5.41) is 0. The first kappa shape index (κ1) is 14.2. The van der Waals surface area contributed by atoms with Crippen molar-refractivity contribution < 1.29 is 23.8 Å². The fourth-order valence-electron chi connectivity index (χ4n) is 2.06. The Morgan fingerprint density at radius 3 is 2.85 bits per heavy atom. The van der Waals surface area contributed by atoms with Gasteiger partial charge in [0.15, 0.2) is 0 Å². The van der Waals surface area contributed by atoms with Gasteiger partial charge in [-0.05, 0) is 25.1 Å². The second-order valence-corrected chi connectivity index (χ2v) is 4.41. The summed E-state index contributed by atoms with van der Waals surface area (Å²) in [5.41, 5.74) is 1.18. The van der Waals surface area contributed by atoms with Crippen molar-refractivity contribution in [3.8, 4) is 5.75 Å². The van der Waals surface area contributed by atoms with Gasteiger partial charge in [-0.2, -0.15) is 0 Å². The fraction of sp³-hybridized carbons (Fsp3) is 0.429. The molecule has 2 rings (SSSR count). The predicted octanol–water partition coefficient (Wildman–Crippen LogP) is 1.23. The van der Waals surface area contributed by atoms with Crippen LogP contribution in [0.4, 0.5) is 5.69 Å². The van der Waals surface area contributed by atoms with Gasteiger partial charge in [0.2, 0.25) is 6.10 Å². The number of carbonyl (C=O) groups is 2. The van der Waals surface area contributed by atoms with E-state index in [1.807, 2.05) is 11.9 Å². The van der Waals surface area contributed by atoms with Crippen molar-refractivity contribution in [1.29, 1.82) is 0 Å². The van der Waals surface area contributed by atoms with Crippen LogP contribution in [0.2, 0.25) is 0 Å². The van der Waals surface area contributed by atoms with E-state index in [1.54, 1.807) is 25.1 Å². The number of methoxy groups -OCH3 is 1. The van der Waals surface area contributed by atoms with E-state index >= 15 is 0 Å². The monoisotopic (exact) mass is 279 g/mol. The standard InChI is InChI=1S/C14H17NO5/c1-4-19-14(17)12-8-15(2)10-7-9(13(16)18-3)5-6-11(10)20-12/h5-7,12H,4,8H2,1-3H3. The number of hydrogen-bond acceptors (Lipinski definition) is 6. The number of benzene rings is 1. The number of nitrogens with zero attached hydrogens (tertiary/aromatic N) is 1. The predicted molar refractivity (Wildman–Crippen MR) is 72.1 cm³/mol. The zero-order chi connectivity index (χ0) is 14.7. The third-order valence-electron chi connectivity index (χ3n) is 3.05. The number of fused-ring (bicyclic) bond motifs is 1. The summed E-state index contributed by atoms with van der Waals surface area (Å²) in [5.74, 6) is -0.250. The lowest BCUT2D eigenvalue weighted by Gasteiger charge is -2.32. The second kappa shape index (κ2) is 5.81. The molecule has 0 radical (unpaired) electrons. The van der Waals surface area contributed by atoms with Crippen LogP contribution >= 0.6 is 0 Å². The van der Waals surface area contributed by atoms with Crippen LogP contribution < -0.4 is 9.64 Å². The Labute approximate surface area is 117 Å². The molecular weight excluding hydrogens is 262 g/mol. The molecule has 0 spiro atoms. The zero-order valence-corrected chi connectivity index (χ0v) is 11.7. The van der Waals surface area contributed by atoms with E-state index in [9.17, 15) is 9.59 Å². The Kier molecular flexibility index (Phi) is 4.12. The van der Waals surface area contributed by atoms with Gasteiger partial charge in [0.1, 0.15) is 5.75 Å². The van der Waals surface area contributed by atoms with Gasteiger partial charge >= 0.3 is 11.9 Å². The smallest absolute Gasteiger partial charge is 0.349 e. The van der Waals surface area contributed by atoms with Crippen LogP contribution in [-0.4, -0.2) is 45.4 Å². The van der Waals surface area contributed by atoms with Gasteiger partial charge in [0.05, 0.1) is 31.5 Å². The minimum absolute atomic E-state index is 0.316. The Morgan fingerprint density at radius 2 is 2.20 bits per heavy atom. The van der Waals surface area contributed by atoms with Crippen LogP contribution in [0, 0.1) is 0 Å². The van der Waals surface area contributed by atoms with Crippen LogP contribution in [0.1, 0.15) is 17.3 Å². The van der Waals surface area contributed by atoms with E-state index in [4.69, 9.17) is 9.47 Å². The zero-order valence-electron chi connectivity index (χ0n) is 11.7. The molecule has 20 heavy (non-hydrogen) atoms. The van der Waals surface area contributed by atoms with E-state index in [2.05, 4.69) is 4.74 Å². The highest BCUT2D eigenvalue weighted by molar-refractivity contribution is 5.91. The highest BCUT2D eigenvalue weighted by Crippen LogP contribution is 2.33. The molecule has 0 N–H and O–H groups in total. The first-order valence-electron chi connectivity index (χ1n) is 6.33. The second-order valence-electron chi connectivity index (χ2n) is 4.41. The minimum Gasteiger partial charge on any atom is -0.475 e. The maximum Gasteiger partial charge on any atom is 0.349 e. The summed E-state index contributed by atoms with van der Waals surface area (Å²) >= 11 is 0. The summed E-state index contributed by atoms with van der Waals surface area (Å²) in [4.78, 5) is 25.1. The molecule has 108 valence electrons. The molecule has 0 aromatic heterocycles. The summed E-state index contributed by atoms with van der Waals surface area (Å²) < 4.78 is 15.3. The maximum atomic E-state index is 11.7. The van der Waals surface area contributed by atoms with Crippen molar-refractivity contribution in [3.63, 3.8) is 0 Å². The molecule has 6 heteroatoms. The summed E-state index contributed by atoms with van der Waals surface area (Å²) in [6, 6.07) is 4.94. The van der Waals surface area contributed by atoms with Crippen LogP contribution in [0.25, 0.3) is 0 Å². The normalized spacial score (nSPS) is 16.9. The van der Waals surface area contributed by atoms with Crippen LogP contribution in [0.5, 0.6) is 5.75 Å². The van der Waals surface area contributed by atoms with Gasteiger partial charge in [-0.25, -0.2) is 9.59 Å². The molecule has 0 saturated heterocycles. The molecule has 0 aliphatic carbocycles. The molecule has 1 heterocycles. The highest BCUT2D eigenvalue weighted by atomic mass is 16.6. The average molecular weight is 279 g/mol. The molecule has 1 atom stereocenters. The lowest BCUT2D eigenvalue weighted by molar-refractivity contribution is -0.151. The summed E-state index contributed by atoms with van der Waals surface area (Å²) in [7, 11) is 3.16. The van der Waals surface area contributed by atoms with Crippen molar-refractivity contribution in [3.05, 3.63) is 23.8 Å². The van der Waals surface area contributed by atoms with E-state index in [0.717, 1.165) is 5.69 Å². The Morgan fingerprint density at radius 1 is 1.45 bits per heavy atom. The van der Waals surface area contributed by atoms with E-state index in [0.29, 0.717) is 24.5 Å². The number of carbonyl (C=O) groups excluding carboxylic acids is 2. The van der Waals surface area contributed by atoms with Crippen molar-refractivity contribution in [2.24, 2.45) is 0 Å². The van der Waals surface area contributed by atoms with Crippen molar-refractivity contribution in [2.45, 2.75) is 13.0 Å². The van der Waals surface area contributed by atoms with Gasteiger partial charge < -0.3 is 19.1 Å². The van der Waals surface area contributed by atoms with Crippen molar-refractivity contribution in [2.75, 3.05) is 32.2 Å². The fourth-order valence-corrected chi connectivity index (χ4v) is 2.06. The largest absolute Gasteiger partial charge is 0.475 e. The van der Waals surface area contributed by atoms with E-state index in [1.165, 1.54) is 7.11 Å². The quantitative estimate of drug-likeness (QED) is 0.775. The van der Waals surface area contributed by atoms with Crippen LogP contribution in [-0.2, 0) is 14.3 Å². The number of anilines is 1. The van der Waals surface area contributed by atoms with Crippen LogP contribution in [0.15, 0.2) is 18.2 Å². The average Bonchev–Trinajstić information content (AvgIpc) is 2.46. The molecule has 1 aromatic carbocycles. The molecule has 1 aliphatic heterocycles. The molecule has 1 aliphatic rings. The first-order valence-corrected chi connectivity index (χ1v) is 6.33. The Hall–Kier alpha value is -2.24. The molecule has 1 unspecified atom stereocenters. The van der Waals surface area contributed by atoms with Gasteiger partial charge in [-0.15, -0.1) is 0 Å². The maximum absolute atomic E-state index is 11.7. The molecule has 0 bridgehead atoms. The third kappa shape index (κ3) is 2.68. The van der Waals surface area contributed by atoms with Gasteiger partial charge in [-0.1, -0.05) is 0 Å². The first-order chi connectivity index (χ1) is 9.56. The molecule has 1 aromatic rings. The van der Waals surface area contributed by atoms with Crippen LogP contribution in [0.3, 0.4) is 0 Å². The van der Waals surface area contributed by atoms with E-state index < -0.39 is 12.1 Å². The number of hydrogen-bond donors (Lipinski definition) is 0. The SMILES string of the molecule is CCOC(=O)C1CN(C)c2cc(C(=O)OC)ccc2O1. The highest BCUT2D eigenvalue weighted by Gasteiger charge is 2.30. The topological polar surface area (TPSA) is 65.1 Å². The lowest BCUT2D eigenvalue weighted by Crippen LogP contribution is -2.43. The van der Waals surface area contributed by atoms with Gasteiger partial charge in [0.25, 0.3) is 0 Å². The molecule has 0 saturated carbocycles. The molecule has 0 amide bonds. The number of esters is 2. The van der Waals surface area contributed by atoms with Gasteiger partial charge in [0, 0.05) is 7.05 Å². The summed E-state index contributed by atoms with van der Waals surface area (Å²) in [6.07, 6.45) is -0.656. The van der Waals surface area contributed by atoms with Crippen molar-refractivity contribution >= 4 is 17.6 Å². The minimum atomic E-state index is -0.656. The Balaban J connectivity index is 2.24. The summed E-state index contributed by atoms with van der Waals surface area (Å²) in [6.45, 7) is 2.44. The third-order valence-corrected chi connectivity index (χ3v) is 3.05. The number of ether oxygens (including phenoxy) is 3. The van der Waals surface area contributed by atoms with E-state index in [-0.39, 0.29) is 5.97 Å². The van der Waals surface area contributed by atoms with Gasteiger partial charge in [-0.3, -0.25) is 0 Å².